The maximum Gasteiger partial charge on any atom is 0.226 e. The van der Waals surface area contributed by atoms with Crippen LogP contribution in [0.1, 0.15) is 30.0 Å². The van der Waals surface area contributed by atoms with Gasteiger partial charge in [0.25, 0.3) is 0 Å². The Hall–Kier alpha value is -2.38. The van der Waals surface area contributed by atoms with Gasteiger partial charge in [-0.1, -0.05) is 30.3 Å². The number of nitrogens with one attached hydrogen (secondary N) is 1. The summed E-state index contributed by atoms with van der Waals surface area (Å²) in [5.41, 5.74) is 1.76. The third kappa shape index (κ3) is 5.11. The first-order valence-corrected chi connectivity index (χ1v) is 9.89. The van der Waals surface area contributed by atoms with Crippen molar-refractivity contribution in [3.05, 3.63) is 47.3 Å². The van der Waals surface area contributed by atoms with E-state index in [-0.39, 0.29) is 18.4 Å². The number of nitrogens with zero attached hydrogens (tertiary/aromatic N) is 3. The number of hydrogen-bond donors (Lipinski definition) is 1. The van der Waals surface area contributed by atoms with Crippen LogP contribution >= 0.6 is 0 Å². The molecule has 1 atom stereocenters. The molecular weight excluding hydrogens is 356 g/mol. The number of methoxy groups -OCH3 is 1. The Morgan fingerprint density at radius 2 is 2.04 bits per heavy atom. The Kier molecular flexibility index (Phi) is 7.06. The lowest BCUT2D eigenvalue weighted by atomic mass is 10.0. The summed E-state index contributed by atoms with van der Waals surface area (Å²) in [5, 5.41) is 6.99. The van der Waals surface area contributed by atoms with Crippen LogP contribution in [0, 0.1) is 6.92 Å². The fraction of sp³-hybridized carbons (Fsp3) is 0.524. The van der Waals surface area contributed by atoms with Crippen molar-refractivity contribution < 1.29 is 14.1 Å². The first kappa shape index (κ1) is 20.4. The largest absolute Gasteiger partial charge is 0.496 e. The third-order valence-electron chi connectivity index (χ3n) is 5.30. The van der Waals surface area contributed by atoms with Gasteiger partial charge >= 0.3 is 0 Å². The summed E-state index contributed by atoms with van der Waals surface area (Å²) in [7, 11) is 1.69. The van der Waals surface area contributed by atoms with Gasteiger partial charge in [0.2, 0.25) is 5.91 Å². The topological polar surface area (TPSA) is 70.8 Å². The maximum atomic E-state index is 12.4. The minimum absolute atomic E-state index is 0.0552. The van der Waals surface area contributed by atoms with Crippen molar-refractivity contribution in [1.82, 2.24) is 20.3 Å². The van der Waals surface area contributed by atoms with Gasteiger partial charge in [0.15, 0.2) is 0 Å². The highest BCUT2D eigenvalue weighted by molar-refractivity contribution is 5.78. The standard InChI is InChI=1S/C21H30N4O3/c1-4-24-9-11-25(12-10-24)19(18-7-5-6-8-20(18)27-3)15-22-21(26)14-17-13-16(2)28-23-17/h5-8,13,19H,4,9-12,14-15H2,1-3H3,(H,22,26). The first-order valence-electron chi connectivity index (χ1n) is 9.89. The van der Waals surface area contributed by atoms with E-state index >= 15 is 0 Å². The quantitative estimate of drug-likeness (QED) is 0.749. The molecule has 0 saturated carbocycles. The average Bonchev–Trinajstić information content (AvgIpc) is 3.13. The maximum absolute atomic E-state index is 12.4. The number of rotatable bonds is 8. The number of carbonyl (C=O) groups is 1. The van der Waals surface area contributed by atoms with E-state index in [1.807, 2.05) is 25.1 Å². The van der Waals surface area contributed by atoms with Gasteiger partial charge in [-0.15, -0.1) is 0 Å². The highest BCUT2D eigenvalue weighted by atomic mass is 16.5. The lowest BCUT2D eigenvalue weighted by molar-refractivity contribution is -0.120. The Morgan fingerprint density at radius 3 is 2.68 bits per heavy atom. The van der Waals surface area contributed by atoms with E-state index in [0.717, 1.165) is 44.0 Å². The zero-order valence-corrected chi connectivity index (χ0v) is 17.0. The van der Waals surface area contributed by atoms with Crippen molar-refractivity contribution in [1.29, 1.82) is 0 Å². The minimum atomic E-state index is -0.0552. The molecule has 152 valence electrons. The van der Waals surface area contributed by atoms with Gasteiger partial charge < -0.3 is 19.5 Å². The number of hydrogen-bond acceptors (Lipinski definition) is 6. The summed E-state index contributed by atoms with van der Waals surface area (Å²) in [6.45, 7) is 9.62. The number of carbonyl (C=O) groups excluding carboxylic acids is 1. The molecule has 1 saturated heterocycles. The molecule has 2 heterocycles. The predicted molar refractivity (Wildman–Crippen MR) is 107 cm³/mol. The third-order valence-corrected chi connectivity index (χ3v) is 5.30. The molecule has 0 spiro atoms. The number of aromatic nitrogens is 1. The molecule has 1 unspecified atom stereocenters. The summed E-state index contributed by atoms with van der Waals surface area (Å²) >= 11 is 0. The zero-order valence-electron chi connectivity index (χ0n) is 17.0. The van der Waals surface area contributed by atoms with Crippen LogP contribution in [0.4, 0.5) is 0 Å². The van der Waals surface area contributed by atoms with E-state index in [1.54, 1.807) is 13.2 Å². The van der Waals surface area contributed by atoms with Gasteiger partial charge in [-0.3, -0.25) is 9.69 Å². The Bertz CT molecular complexity index is 769. The molecular formula is C21H30N4O3. The van der Waals surface area contributed by atoms with Gasteiger partial charge in [0.05, 0.1) is 25.3 Å². The number of piperazine rings is 1. The van der Waals surface area contributed by atoms with Crippen LogP contribution in [0.25, 0.3) is 0 Å². The second-order valence-corrected chi connectivity index (χ2v) is 7.14. The first-order chi connectivity index (χ1) is 13.6. The highest BCUT2D eigenvalue weighted by Gasteiger charge is 2.27. The van der Waals surface area contributed by atoms with Crippen LogP contribution in [0.3, 0.4) is 0 Å². The van der Waals surface area contributed by atoms with Crippen molar-refractivity contribution in [2.24, 2.45) is 0 Å². The number of ether oxygens (including phenoxy) is 1. The van der Waals surface area contributed by atoms with E-state index in [0.29, 0.717) is 18.0 Å². The molecule has 1 aromatic carbocycles. The lowest BCUT2D eigenvalue weighted by Gasteiger charge is -2.39. The smallest absolute Gasteiger partial charge is 0.226 e. The lowest BCUT2D eigenvalue weighted by Crippen LogP contribution is -2.49. The SMILES string of the molecule is CCN1CCN(C(CNC(=O)Cc2cc(C)on2)c2ccccc2OC)CC1. The number of likely N-dealkylation sites (N-methyl/N-ethyl adjacent to an activating group) is 1. The van der Waals surface area contributed by atoms with E-state index in [4.69, 9.17) is 9.26 Å². The molecule has 3 rings (SSSR count). The molecule has 0 aliphatic carbocycles. The zero-order chi connectivity index (χ0) is 19.9. The van der Waals surface area contributed by atoms with Crippen LogP contribution in [0.5, 0.6) is 5.75 Å². The molecule has 7 nitrogen and oxygen atoms in total. The van der Waals surface area contributed by atoms with E-state index in [2.05, 4.69) is 33.3 Å². The fourth-order valence-corrected chi connectivity index (χ4v) is 3.71. The molecule has 1 aliphatic rings. The monoisotopic (exact) mass is 386 g/mol. The van der Waals surface area contributed by atoms with Crippen molar-refractivity contribution in [3.63, 3.8) is 0 Å². The van der Waals surface area contributed by atoms with Crippen LogP contribution in [0.15, 0.2) is 34.9 Å². The summed E-state index contributed by atoms with van der Waals surface area (Å²) in [5.74, 6) is 1.51. The summed E-state index contributed by atoms with van der Waals surface area (Å²) in [6, 6.07) is 9.92. The Morgan fingerprint density at radius 1 is 1.29 bits per heavy atom. The molecule has 1 fully saturated rings. The van der Waals surface area contributed by atoms with Gasteiger partial charge in [-0.05, 0) is 19.5 Å². The Labute approximate surface area is 166 Å². The molecule has 0 radical (unpaired) electrons. The summed E-state index contributed by atoms with van der Waals surface area (Å²) in [4.78, 5) is 17.3. The second kappa shape index (κ2) is 9.71. The van der Waals surface area contributed by atoms with Crippen LogP contribution < -0.4 is 10.1 Å². The molecule has 0 bridgehead atoms. The number of benzene rings is 1. The number of para-hydroxylation sites is 1. The predicted octanol–water partition coefficient (Wildman–Crippen LogP) is 2.03. The van der Waals surface area contributed by atoms with E-state index in [9.17, 15) is 4.79 Å². The van der Waals surface area contributed by atoms with Gasteiger partial charge in [-0.2, -0.15) is 0 Å². The minimum Gasteiger partial charge on any atom is -0.496 e. The van der Waals surface area contributed by atoms with E-state index < -0.39 is 0 Å². The molecule has 1 N–H and O–H groups in total. The Balaban J connectivity index is 1.70. The molecule has 1 aromatic heterocycles. The van der Waals surface area contributed by atoms with Gasteiger partial charge in [0, 0.05) is 44.4 Å². The molecule has 2 aromatic rings. The highest BCUT2D eigenvalue weighted by Crippen LogP contribution is 2.29. The van der Waals surface area contributed by atoms with E-state index in [1.165, 1.54) is 0 Å². The summed E-state index contributed by atoms with van der Waals surface area (Å²) in [6.07, 6.45) is 0.222. The molecule has 28 heavy (non-hydrogen) atoms. The number of amides is 1. The van der Waals surface area contributed by atoms with Crippen molar-refractivity contribution in [2.75, 3.05) is 46.4 Å². The molecule has 7 heteroatoms. The normalized spacial score (nSPS) is 16.7. The molecule has 1 amide bonds. The molecule has 1 aliphatic heterocycles. The van der Waals surface area contributed by atoms with Crippen molar-refractivity contribution in [3.8, 4) is 5.75 Å². The van der Waals surface area contributed by atoms with Crippen molar-refractivity contribution in [2.45, 2.75) is 26.3 Å². The number of aryl methyl sites for hydroxylation is 1. The van der Waals surface area contributed by atoms with Crippen LogP contribution in [0.2, 0.25) is 0 Å². The fourth-order valence-electron chi connectivity index (χ4n) is 3.71. The van der Waals surface area contributed by atoms with Crippen molar-refractivity contribution >= 4 is 5.91 Å². The van der Waals surface area contributed by atoms with Gasteiger partial charge in [-0.25, -0.2) is 0 Å². The van der Waals surface area contributed by atoms with Gasteiger partial charge in [0.1, 0.15) is 11.5 Å². The second-order valence-electron chi connectivity index (χ2n) is 7.14. The summed E-state index contributed by atoms with van der Waals surface area (Å²) < 4.78 is 10.6. The average molecular weight is 386 g/mol. The van der Waals surface area contributed by atoms with Crippen LogP contribution in [-0.4, -0.2) is 67.2 Å². The van der Waals surface area contributed by atoms with Crippen LogP contribution in [-0.2, 0) is 11.2 Å².